The third-order valence-electron chi connectivity index (χ3n) is 4.69. The van der Waals surface area contributed by atoms with Gasteiger partial charge in [0.1, 0.15) is 0 Å². The van der Waals surface area contributed by atoms with Gasteiger partial charge in [-0.15, -0.1) is 0 Å². The minimum absolute atomic E-state index is 0.136. The zero-order valence-corrected chi connectivity index (χ0v) is 16.6. The van der Waals surface area contributed by atoms with Crippen molar-refractivity contribution in [1.29, 1.82) is 0 Å². The number of nitrogens with one attached hydrogen (secondary N) is 2. The van der Waals surface area contributed by atoms with Gasteiger partial charge in [-0.25, -0.2) is 13.1 Å². The smallest absolute Gasteiger partial charge is 0.305 e. The number of rotatable bonds is 6. The zero-order valence-electron chi connectivity index (χ0n) is 15.0. The van der Waals surface area contributed by atoms with Crippen molar-refractivity contribution in [1.82, 2.24) is 19.6 Å². The highest BCUT2D eigenvalue weighted by molar-refractivity contribution is 7.89. The monoisotopic (exact) mass is 420 g/mol. The Kier molecular flexibility index (Phi) is 5.56. The first kappa shape index (κ1) is 19.2. The van der Waals surface area contributed by atoms with E-state index in [2.05, 4.69) is 19.6 Å². The van der Waals surface area contributed by atoms with E-state index in [1.54, 1.807) is 12.3 Å². The molecule has 1 fully saturated rings. The molecule has 1 saturated heterocycles. The van der Waals surface area contributed by atoms with Crippen LogP contribution in [0.2, 0.25) is 0 Å². The highest BCUT2D eigenvalue weighted by Gasteiger charge is 2.26. The van der Waals surface area contributed by atoms with Crippen LogP contribution in [0.5, 0.6) is 0 Å². The van der Waals surface area contributed by atoms with Crippen molar-refractivity contribution in [2.24, 2.45) is 0 Å². The Morgan fingerprint density at radius 3 is 2.82 bits per heavy atom. The fourth-order valence-electron chi connectivity index (χ4n) is 3.25. The van der Waals surface area contributed by atoms with Gasteiger partial charge in [0.25, 0.3) is 0 Å². The first-order valence-corrected chi connectivity index (χ1v) is 11.2. The predicted molar refractivity (Wildman–Crippen MR) is 107 cm³/mol. The van der Waals surface area contributed by atoms with Gasteiger partial charge in [-0.2, -0.15) is 0 Å². The molecule has 0 saturated carbocycles. The quantitative estimate of drug-likeness (QED) is 0.624. The van der Waals surface area contributed by atoms with E-state index in [0.717, 1.165) is 17.0 Å². The predicted octanol–water partition coefficient (Wildman–Crippen LogP) is 1.34. The maximum atomic E-state index is 12.8. The van der Waals surface area contributed by atoms with Crippen molar-refractivity contribution in [3.8, 4) is 0 Å². The number of hydrogen-bond donors (Lipinski definition) is 2. The number of thiazole rings is 1. The summed E-state index contributed by atoms with van der Waals surface area (Å²) in [7, 11) is -3.73. The zero-order chi connectivity index (χ0) is 19.6. The summed E-state index contributed by atoms with van der Waals surface area (Å²) in [6.45, 7) is 2.84. The highest BCUT2D eigenvalue weighted by Crippen LogP contribution is 2.22. The van der Waals surface area contributed by atoms with Crippen LogP contribution in [0.25, 0.3) is 10.2 Å². The van der Waals surface area contributed by atoms with E-state index >= 15 is 0 Å². The summed E-state index contributed by atoms with van der Waals surface area (Å²) >= 11 is 0.991. The Morgan fingerprint density at radius 2 is 2.07 bits per heavy atom. The number of benzene rings is 1. The molecule has 0 bridgehead atoms. The molecule has 8 nitrogen and oxygen atoms in total. The number of ether oxygens (including phenoxy) is 1. The second kappa shape index (κ2) is 8.10. The summed E-state index contributed by atoms with van der Waals surface area (Å²) in [4.78, 5) is 20.7. The fraction of sp³-hybridized carbons (Fsp3) is 0.333. The van der Waals surface area contributed by atoms with Gasteiger partial charge in [0, 0.05) is 25.8 Å². The lowest BCUT2D eigenvalue weighted by Gasteiger charge is -2.34. The summed E-state index contributed by atoms with van der Waals surface area (Å²) in [5.74, 6) is 0. The number of morpholine rings is 1. The van der Waals surface area contributed by atoms with Crippen molar-refractivity contribution in [3.63, 3.8) is 0 Å². The number of fused-ring (bicyclic) bond motifs is 1. The summed E-state index contributed by atoms with van der Waals surface area (Å²) in [5, 5.41) is 0. The average Bonchev–Trinajstić information content (AvgIpc) is 3.09. The number of aromatic nitrogens is 2. The summed E-state index contributed by atoms with van der Waals surface area (Å²) in [5.41, 5.74) is 1.44. The molecule has 1 aliphatic heterocycles. The Morgan fingerprint density at radius 1 is 1.25 bits per heavy atom. The SMILES string of the molecule is O=c1[nH]c2ccc(S(=O)(=O)NC[C@H](c3ccccn3)N3CCOCC3)cc2s1. The van der Waals surface area contributed by atoms with Crippen molar-refractivity contribution in [2.75, 3.05) is 32.8 Å². The van der Waals surface area contributed by atoms with E-state index in [1.165, 1.54) is 12.1 Å². The number of sulfonamides is 1. The minimum atomic E-state index is -3.73. The molecule has 28 heavy (non-hydrogen) atoms. The minimum Gasteiger partial charge on any atom is -0.379 e. The molecule has 2 N–H and O–H groups in total. The maximum absolute atomic E-state index is 12.8. The molecule has 10 heteroatoms. The van der Waals surface area contributed by atoms with Crippen LogP contribution in [-0.2, 0) is 14.8 Å². The van der Waals surface area contributed by atoms with Crippen LogP contribution in [0, 0.1) is 0 Å². The summed E-state index contributed by atoms with van der Waals surface area (Å²) < 4.78 is 34.4. The summed E-state index contributed by atoms with van der Waals surface area (Å²) in [6.07, 6.45) is 1.71. The average molecular weight is 421 g/mol. The number of nitrogens with zero attached hydrogens (tertiary/aromatic N) is 2. The molecule has 0 unspecified atom stereocenters. The first-order valence-electron chi connectivity index (χ1n) is 8.88. The standard InChI is InChI=1S/C18H20N4O4S2/c23-18-21-15-5-4-13(11-17(15)27-18)28(24,25)20-12-16(14-3-1-2-6-19-14)22-7-9-26-10-8-22/h1-6,11,16,20H,7-10,12H2,(H,21,23)/t16-/m1/s1. The lowest BCUT2D eigenvalue weighted by molar-refractivity contribution is 0.0163. The van der Waals surface area contributed by atoms with Crippen molar-refractivity contribution >= 4 is 31.6 Å². The highest BCUT2D eigenvalue weighted by atomic mass is 32.2. The molecular weight excluding hydrogens is 400 g/mol. The molecule has 3 aromatic rings. The van der Waals surface area contributed by atoms with Crippen LogP contribution in [-0.4, -0.2) is 56.1 Å². The molecular formula is C18H20N4O4S2. The van der Waals surface area contributed by atoms with Gasteiger partial charge < -0.3 is 9.72 Å². The van der Waals surface area contributed by atoms with Crippen LogP contribution in [0.1, 0.15) is 11.7 Å². The molecule has 0 aliphatic carbocycles. The van der Waals surface area contributed by atoms with E-state index in [9.17, 15) is 13.2 Å². The van der Waals surface area contributed by atoms with E-state index in [-0.39, 0.29) is 22.4 Å². The largest absolute Gasteiger partial charge is 0.379 e. The third-order valence-corrected chi connectivity index (χ3v) is 6.95. The topological polar surface area (TPSA) is 104 Å². The van der Waals surface area contributed by atoms with Gasteiger partial charge in [0.15, 0.2) is 0 Å². The van der Waals surface area contributed by atoms with Crippen molar-refractivity contribution in [3.05, 3.63) is 58.0 Å². The van der Waals surface area contributed by atoms with E-state index in [0.29, 0.717) is 36.5 Å². The van der Waals surface area contributed by atoms with Gasteiger partial charge >= 0.3 is 4.87 Å². The van der Waals surface area contributed by atoms with E-state index in [4.69, 9.17) is 4.74 Å². The van der Waals surface area contributed by atoms with Gasteiger partial charge in [0.05, 0.1) is 40.1 Å². The first-order chi connectivity index (χ1) is 13.5. The lowest BCUT2D eigenvalue weighted by Crippen LogP contribution is -2.44. The second-order valence-electron chi connectivity index (χ2n) is 6.44. The van der Waals surface area contributed by atoms with Crippen LogP contribution in [0.3, 0.4) is 0 Å². The number of H-pyrrole nitrogens is 1. The summed E-state index contributed by atoms with van der Waals surface area (Å²) in [6, 6.07) is 10.1. The van der Waals surface area contributed by atoms with Crippen molar-refractivity contribution in [2.45, 2.75) is 10.9 Å². The van der Waals surface area contributed by atoms with Gasteiger partial charge in [-0.05, 0) is 30.3 Å². The molecule has 0 spiro atoms. The van der Waals surface area contributed by atoms with E-state index in [1.807, 2.05) is 18.2 Å². The molecule has 0 amide bonds. The van der Waals surface area contributed by atoms with Gasteiger partial charge in [0.2, 0.25) is 10.0 Å². The number of pyridine rings is 1. The van der Waals surface area contributed by atoms with E-state index < -0.39 is 10.0 Å². The van der Waals surface area contributed by atoms with Gasteiger partial charge in [-0.1, -0.05) is 17.4 Å². The van der Waals surface area contributed by atoms with Crippen LogP contribution >= 0.6 is 11.3 Å². The molecule has 1 aromatic carbocycles. The number of hydrogen-bond acceptors (Lipinski definition) is 7. The van der Waals surface area contributed by atoms with Gasteiger partial charge in [-0.3, -0.25) is 14.7 Å². The second-order valence-corrected chi connectivity index (χ2v) is 9.22. The number of aromatic amines is 1. The van der Waals surface area contributed by atoms with Crippen LogP contribution < -0.4 is 9.60 Å². The Labute approximate surface area is 166 Å². The van der Waals surface area contributed by atoms with Crippen LogP contribution in [0.15, 0.2) is 52.3 Å². The molecule has 148 valence electrons. The normalized spacial score (nSPS) is 17.0. The Balaban J connectivity index is 1.56. The Bertz CT molecular complexity index is 1110. The van der Waals surface area contributed by atoms with Crippen LogP contribution in [0.4, 0.5) is 0 Å². The molecule has 3 heterocycles. The molecule has 0 radical (unpaired) electrons. The Hall–Kier alpha value is -2.11. The molecule has 4 rings (SSSR count). The fourth-order valence-corrected chi connectivity index (χ4v) is 5.16. The molecule has 2 aromatic heterocycles. The molecule has 1 atom stereocenters. The maximum Gasteiger partial charge on any atom is 0.305 e. The molecule has 1 aliphatic rings. The van der Waals surface area contributed by atoms with Crippen molar-refractivity contribution < 1.29 is 13.2 Å². The lowest BCUT2D eigenvalue weighted by atomic mass is 10.1. The third kappa shape index (κ3) is 4.15.